The minimum atomic E-state index is 0.815. The number of hydrogen-bond acceptors (Lipinski definition) is 2. The van der Waals surface area contributed by atoms with Crippen molar-refractivity contribution in [3.05, 3.63) is 42.0 Å². The van der Waals surface area contributed by atoms with E-state index in [-0.39, 0.29) is 0 Å². The highest BCUT2D eigenvalue weighted by Crippen LogP contribution is 2.21. The van der Waals surface area contributed by atoms with Crippen molar-refractivity contribution in [3.8, 4) is 0 Å². The van der Waals surface area contributed by atoms with Gasteiger partial charge in [0.1, 0.15) is 0 Å². The Morgan fingerprint density at radius 3 is 2.63 bits per heavy atom. The smallest absolute Gasteiger partial charge is 0.0346 e. The number of nitrogens with one attached hydrogen (secondary N) is 2. The molecule has 2 N–H and O–H groups in total. The van der Waals surface area contributed by atoms with Crippen molar-refractivity contribution < 1.29 is 0 Å². The minimum Gasteiger partial charge on any atom is -0.385 e. The summed E-state index contributed by atoms with van der Waals surface area (Å²) < 4.78 is 0. The Kier molecular flexibility index (Phi) is 3.69. The van der Waals surface area contributed by atoms with Crippen LogP contribution in [0.5, 0.6) is 0 Å². The normalized spacial score (nSPS) is 16.7. The number of piperidine rings is 1. The van der Waals surface area contributed by atoms with Gasteiger partial charge in [0.15, 0.2) is 0 Å². The summed E-state index contributed by atoms with van der Waals surface area (Å²) in [6, 6.07) is 13.3. The molecule has 2 nitrogen and oxygen atoms in total. The molecule has 0 aliphatic carbocycles. The highest BCUT2D eigenvalue weighted by atomic mass is 14.9. The van der Waals surface area contributed by atoms with Crippen molar-refractivity contribution >= 4 is 16.5 Å². The van der Waals surface area contributed by atoms with E-state index in [2.05, 4.69) is 54.0 Å². The van der Waals surface area contributed by atoms with Gasteiger partial charge in [0.25, 0.3) is 0 Å². The van der Waals surface area contributed by atoms with Crippen molar-refractivity contribution in [2.75, 3.05) is 25.0 Å². The largest absolute Gasteiger partial charge is 0.385 e. The first-order valence-corrected chi connectivity index (χ1v) is 7.26. The second kappa shape index (κ2) is 5.62. The average molecular weight is 254 g/mol. The van der Waals surface area contributed by atoms with Gasteiger partial charge in [-0.2, -0.15) is 0 Å². The van der Waals surface area contributed by atoms with E-state index in [0.717, 1.165) is 12.5 Å². The van der Waals surface area contributed by atoms with Gasteiger partial charge < -0.3 is 10.6 Å². The zero-order valence-corrected chi connectivity index (χ0v) is 11.6. The molecule has 0 unspecified atom stereocenters. The fourth-order valence-corrected chi connectivity index (χ4v) is 2.82. The molecular weight excluding hydrogens is 232 g/mol. The standard InChI is InChI=1S/C17H22N2/c1-13-2-3-16-11-17(5-4-15(16)10-13)19-12-14-6-8-18-9-7-14/h2-5,10-11,14,18-19H,6-9,12H2,1H3. The van der Waals surface area contributed by atoms with E-state index in [1.54, 1.807) is 0 Å². The first-order valence-electron chi connectivity index (χ1n) is 7.26. The lowest BCUT2D eigenvalue weighted by Crippen LogP contribution is -2.31. The fraction of sp³-hybridized carbons (Fsp3) is 0.412. The molecule has 0 saturated carbocycles. The fourth-order valence-electron chi connectivity index (χ4n) is 2.82. The Hall–Kier alpha value is -1.54. The predicted molar refractivity (Wildman–Crippen MR) is 82.8 cm³/mol. The van der Waals surface area contributed by atoms with Crippen LogP contribution in [0.3, 0.4) is 0 Å². The maximum atomic E-state index is 3.59. The van der Waals surface area contributed by atoms with Gasteiger partial charge in [-0.25, -0.2) is 0 Å². The number of benzene rings is 2. The highest BCUT2D eigenvalue weighted by Gasteiger charge is 2.12. The van der Waals surface area contributed by atoms with E-state index in [4.69, 9.17) is 0 Å². The van der Waals surface area contributed by atoms with Gasteiger partial charge in [0.2, 0.25) is 0 Å². The van der Waals surface area contributed by atoms with E-state index in [1.807, 2.05) is 0 Å². The molecule has 1 aliphatic rings. The molecule has 1 saturated heterocycles. The van der Waals surface area contributed by atoms with Crippen LogP contribution in [0.15, 0.2) is 36.4 Å². The van der Waals surface area contributed by atoms with Crippen LogP contribution in [-0.2, 0) is 0 Å². The summed E-state index contributed by atoms with van der Waals surface area (Å²) in [6.45, 7) is 5.58. The molecule has 2 heteroatoms. The molecule has 0 bridgehead atoms. The van der Waals surface area contributed by atoms with E-state index >= 15 is 0 Å². The molecule has 0 spiro atoms. The molecular formula is C17H22N2. The molecule has 0 amide bonds. The summed E-state index contributed by atoms with van der Waals surface area (Å²) >= 11 is 0. The molecule has 1 fully saturated rings. The summed E-state index contributed by atoms with van der Waals surface area (Å²) in [5.74, 6) is 0.815. The second-order valence-corrected chi connectivity index (χ2v) is 5.64. The van der Waals surface area contributed by atoms with E-state index in [1.165, 1.54) is 48.0 Å². The van der Waals surface area contributed by atoms with Gasteiger partial charge in [0, 0.05) is 12.2 Å². The van der Waals surface area contributed by atoms with E-state index in [0.29, 0.717) is 0 Å². The first kappa shape index (κ1) is 12.5. The molecule has 0 aromatic heterocycles. The van der Waals surface area contributed by atoms with Crippen molar-refractivity contribution in [3.63, 3.8) is 0 Å². The zero-order valence-electron chi connectivity index (χ0n) is 11.6. The molecule has 100 valence electrons. The van der Waals surface area contributed by atoms with Crippen molar-refractivity contribution in [1.29, 1.82) is 0 Å². The van der Waals surface area contributed by atoms with Crippen LogP contribution in [0.25, 0.3) is 10.8 Å². The van der Waals surface area contributed by atoms with E-state index in [9.17, 15) is 0 Å². The number of hydrogen-bond donors (Lipinski definition) is 2. The van der Waals surface area contributed by atoms with Crippen LogP contribution in [-0.4, -0.2) is 19.6 Å². The van der Waals surface area contributed by atoms with Gasteiger partial charge in [-0.05, 0) is 61.7 Å². The van der Waals surface area contributed by atoms with Crippen molar-refractivity contribution in [2.45, 2.75) is 19.8 Å². The second-order valence-electron chi connectivity index (χ2n) is 5.64. The summed E-state index contributed by atoms with van der Waals surface area (Å²) in [6.07, 6.45) is 2.58. The lowest BCUT2D eigenvalue weighted by Gasteiger charge is -2.23. The Balaban J connectivity index is 1.69. The molecule has 3 rings (SSSR count). The first-order chi connectivity index (χ1) is 9.31. The molecule has 0 atom stereocenters. The SMILES string of the molecule is Cc1ccc2cc(NCC3CCNCC3)ccc2c1. The predicted octanol–water partition coefficient (Wildman–Crippen LogP) is 3.56. The topological polar surface area (TPSA) is 24.1 Å². The molecule has 1 heterocycles. The Bertz CT molecular complexity index is 556. The molecule has 0 radical (unpaired) electrons. The maximum Gasteiger partial charge on any atom is 0.0346 e. The number of rotatable bonds is 3. The lowest BCUT2D eigenvalue weighted by atomic mass is 9.98. The molecule has 2 aromatic rings. The lowest BCUT2D eigenvalue weighted by molar-refractivity contribution is 0.390. The number of anilines is 1. The maximum absolute atomic E-state index is 3.59. The van der Waals surface area contributed by atoms with Gasteiger partial charge in [-0.3, -0.25) is 0 Å². The van der Waals surface area contributed by atoms with Crippen molar-refractivity contribution in [2.24, 2.45) is 5.92 Å². The van der Waals surface area contributed by atoms with Gasteiger partial charge in [-0.15, -0.1) is 0 Å². The summed E-state index contributed by atoms with van der Waals surface area (Å²) in [5.41, 5.74) is 2.57. The molecule has 19 heavy (non-hydrogen) atoms. The quantitative estimate of drug-likeness (QED) is 0.875. The van der Waals surface area contributed by atoms with Crippen LogP contribution >= 0.6 is 0 Å². The average Bonchev–Trinajstić information content (AvgIpc) is 2.46. The van der Waals surface area contributed by atoms with Gasteiger partial charge >= 0.3 is 0 Å². The summed E-state index contributed by atoms with van der Waals surface area (Å²) in [5, 5.41) is 9.65. The Labute approximate surface area is 115 Å². The van der Waals surface area contributed by atoms with Crippen LogP contribution < -0.4 is 10.6 Å². The molecule has 2 aromatic carbocycles. The number of fused-ring (bicyclic) bond motifs is 1. The van der Waals surface area contributed by atoms with Crippen molar-refractivity contribution in [1.82, 2.24) is 5.32 Å². The Morgan fingerprint density at radius 1 is 1.05 bits per heavy atom. The van der Waals surface area contributed by atoms with Crippen LogP contribution in [0.2, 0.25) is 0 Å². The third-order valence-corrected chi connectivity index (χ3v) is 4.05. The van der Waals surface area contributed by atoms with E-state index < -0.39 is 0 Å². The monoisotopic (exact) mass is 254 g/mol. The summed E-state index contributed by atoms with van der Waals surface area (Å²) in [7, 11) is 0. The number of aryl methyl sites for hydroxylation is 1. The third kappa shape index (κ3) is 3.07. The third-order valence-electron chi connectivity index (χ3n) is 4.05. The van der Waals surface area contributed by atoms with Crippen LogP contribution in [0.1, 0.15) is 18.4 Å². The molecule has 1 aliphatic heterocycles. The summed E-state index contributed by atoms with van der Waals surface area (Å²) in [4.78, 5) is 0. The highest BCUT2D eigenvalue weighted by molar-refractivity contribution is 5.86. The van der Waals surface area contributed by atoms with Crippen LogP contribution in [0, 0.1) is 12.8 Å². The Morgan fingerprint density at radius 2 is 1.79 bits per heavy atom. The van der Waals surface area contributed by atoms with Crippen LogP contribution in [0.4, 0.5) is 5.69 Å². The minimum absolute atomic E-state index is 0.815. The van der Waals surface area contributed by atoms with Gasteiger partial charge in [-0.1, -0.05) is 29.8 Å². The van der Waals surface area contributed by atoms with Gasteiger partial charge in [0.05, 0.1) is 0 Å². The zero-order chi connectivity index (χ0) is 13.1.